The molecule has 6 nitrogen and oxygen atoms in total. The summed E-state index contributed by atoms with van der Waals surface area (Å²) >= 11 is 6.11. The molecule has 1 aromatic carbocycles. The molecule has 0 fully saturated rings. The Labute approximate surface area is 156 Å². The minimum absolute atomic E-state index is 0.171. The molecule has 1 N–H and O–H groups in total. The molecule has 0 radical (unpaired) electrons. The smallest absolute Gasteiger partial charge is 0.273 e. The Morgan fingerprint density at radius 1 is 1.12 bits per heavy atom. The van der Waals surface area contributed by atoms with Crippen molar-refractivity contribution in [1.82, 2.24) is 19.9 Å². The van der Waals surface area contributed by atoms with Crippen molar-refractivity contribution >= 4 is 29.0 Å². The number of halogens is 1. The van der Waals surface area contributed by atoms with Gasteiger partial charge in [-0.1, -0.05) is 23.7 Å². The molecule has 0 aliphatic carbocycles. The summed E-state index contributed by atoms with van der Waals surface area (Å²) in [7, 11) is 1.75. The van der Waals surface area contributed by atoms with Crippen LogP contribution in [-0.4, -0.2) is 39.4 Å². The van der Waals surface area contributed by atoms with Crippen molar-refractivity contribution < 1.29 is 4.79 Å². The second kappa shape index (κ2) is 8.40. The number of para-hydroxylation sites is 1. The largest absolute Gasteiger partial charge is 0.340 e. The Morgan fingerprint density at radius 2 is 1.88 bits per heavy atom. The number of hydrogen-bond donors (Lipinski definition) is 1. The summed E-state index contributed by atoms with van der Waals surface area (Å²) in [5.74, 6) is 0.352. The predicted molar refractivity (Wildman–Crippen MR) is 102 cm³/mol. The molecule has 132 valence electrons. The van der Waals surface area contributed by atoms with E-state index in [4.69, 9.17) is 11.6 Å². The molecule has 1 amide bonds. The number of carbonyl (C=O) groups excluding carboxylic acids is 1. The van der Waals surface area contributed by atoms with Gasteiger partial charge in [0.1, 0.15) is 11.5 Å². The van der Waals surface area contributed by atoms with Gasteiger partial charge in [-0.15, -0.1) is 0 Å². The number of hydrogen-bond acceptors (Lipinski definition) is 5. The highest BCUT2D eigenvalue weighted by Gasteiger charge is 2.14. The van der Waals surface area contributed by atoms with Gasteiger partial charge in [-0.2, -0.15) is 0 Å². The highest BCUT2D eigenvalue weighted by atomic mass is 35.5. The van der Waals surface area contributed by atoms with Crippen LogP contribution in [0.4, 0.5) is 11.5 Å². The summed E-state index contributed by atoms with van der Waals surface area (Å²) in [6.45, 7) is 0.587. The van der Waals surface area contributed by atoms with Crippen LogP contribution < -0.4 is 5.32 Å². The monoisotopic (exact) mass is 367 g/mol. The van der Waals surface area contributed by atoms with E-state index < -0.39 is 0 Å². The fourth-order valence-corrected chi connectivity index (χ4v) is 2.53. The average Bonchev–Trinajstić information content (AvgIpc) is 2.69. The molecule has 0 saturated heterocycles. The number of amides is 1. The lowest BCUT2D eigenvalue weighted by molar-refractivity contribution is 0.0790. The third-order valence-electron chi connectivity index (χ3n) is 3.84. The van der Waals surface area contributed by atoms with Gasteiger partial charge in [-0.05, 0) is 36.2 Å². The predicted octanol–water partition coefficient (Wildman–Crippen LogP) is 3.58. The van der Waals surface area contributed by atoms with Gasteiger partial charge < -0.3 is 10.2 Å². The van der Waals surface area contributed by atoms with Crippen LogP contribution in [0.3, 0.4) is 0 Å². The molecule has 0 aliphatic heterocycles. The average molecular weight is 368 g/mol. The summed E-state index contributed by atoms with van der Waals surface area (Å²) in [5, 5.41) is 3.67. The summed E-state index contributed by atoms with van der Waals surface area (Å²) in [5.41, 5.74) is 2.16. The first-order valence-corrected chi connectivity index (χ1v) is 8.49. The van der Waals surface area contributed by atoms with Crippen LogP contribution in [-0.2, 0) is 6.42 Å². The number of pyridine rings is 1. The van der Waals surface area contributed by atoms with Gasteiger partial charge in [0.25, 0.3) is 5.91 Å². The number of likely N-dealkylation sites (N-methyl/N-ethyl adjacent to an activating group) is 1. The molecule has 2 heterocycles. The minimum atomic E-state index is -0.171. The molecule has 0 spiro atoms. The van der Waals surface area contributed by atoms with E-state index in [1.54, 1.807) is 30.4 Å². The summed E-state index contributed by atoms with van der Waals surface area (Å²) < 4.78 is 0. The van der Waals surface area contributed by atoms with Crippen LogP contribution in [0.1, 0.15) is 16.1 Å². The van der Waals surface area contributed by atoms with Gasteiger partial charge in [0.05, 0.1) is 23.1 Å². The molecular weight excluding hydrogens is 350 g/mol. The molecule has 3 aromatic rings. The molecule has 26 heavy (non-hydrogen) atoms. The first-order chi connectivity index (χ1) is 12.6. The Bertz CT molecular complexity index is 871. The van der Waals surface area contributed by atoms with E-state index in [1.807, 2.05) is 30.3 Å². The molecule has 3 rings (SSSR count). The Hall–Kier alpha value is -2.99. The molecule has 0 atom stereocenters. The maximum Gasteiger partial charge on any atom is 0.273 e. The lowest BCUT2D eigenvalue weighted by Gasteiger charge is -2.16. The maximum atomic E-state index is 12.5. The first-order valence-electron chi connectivity index (χ1n) is 8.11. The zero-order valence-electron chi connectivity index (χ0n) is 14.3. The van der Waals surface area contributed by atoms with E-state index in [1.165, 1.54) is 12.4 Å². The van der Waals surface area contributed by atoms with Crippen molar-refractivity contribution in [2.75, 3.05) is 18.9 Å². The Balaban J connectivity index is 1.60. The SMILES string of the molecule is CN(CCc1ccncc1)C(=O)c1cnc(Nc2ccccc2Cl)cn1. The van der Waals surface area contributed by atoms with Gasteiger partial charge in [0.15, 0.2) is 0 Å². The van der Waals surface area contributed by atoms with Crippen LogP contribution in [0.15, 0.2) is 61.2 Å². The van der Waals surface area contributed by atoms with E-state index in [9.17, 15) is 4.79 Å². The van der Waals surface area contributed by atoms with Gasteiger partial charge >= 0.3 is 0 Å². The number of anilines is 2. The molecule has 0 aliphatic rings. The van der Waals surface area contributed by atoms with E-state index >= 15 is 0 Å². The van der Waals surface area contributed by atoms with Crippen LogP contribution in [0.5, 0.6) is 0 Å². The molecule has 0 saturated carbocycles. The molecular formula is C19H18ClN5O. The third kappa shape index (κ3) is 4.55. The van der Waals surface area contributed by atoms with Crippen molar-refractivity contribution in [3.05, 3.63) is 77.5 Å². The van der Waals surface area contributed by atoms with Gasteiger partial charge in [0.2, 0.25) is 0 Å². The summed E-state index contributed by atoms with van der Waals surface area (Å²) in [6, 6.07) is 11.2. The standard InChI is InChI=1S/C19H18ClN5O/c1-25(11-8-14-6-9-21-10-7-14)19(26)17-12-23-18(13-22-17)24-16-5-3-2-4-15(16)20/h2-7,9-10,12-13H,8,11H2,1H3,(H,23,24). The highest BCUT2D eigenvalue weighted by Crippen LogP contribution is 2.23. The Morgan fingerprint density at radius 3 is 2.58 bits per heavy atom. The second-order valence-electron chi connectivity index (χ2n) is 5.72. The van der Waals surface area contributed by atoms with Crippen molar-refractivity contribution in [1.29, 1.82) is 0 Å². The van der Waals surface area contributed by atoms with E-state index in [2.05, 4.69) is 20.3 Å². The molecule has 0 bridgehead atoms. The maximum absolute atomic E-state index is 12.5. The number of nitrogens with zero attached hydrogens (tertiary/aromatic N) is 4. The summed E-state index contributed by atoms with van der Waals surface area (Å²) in [6.07, 6.45) is 7.22. The third-order valence-corrected chi connectivity index (χ3v) is 4.17. The van der Waals surface area contributed by atoms with Crippen molar-refractivity contribution in [2.45, 2.75) is 6.42 Å². The first kappa shape index (κ1) is 17.8. The number of rotatable bonds is 6. The fourth-order valence-electron chi connectivity index (χ4n) is 2.35. The quantitative estimate of drug-likeness (QED) is 0.721. The minimum Gasteiger partial charge on any atom is -0.340 e. The number of nitrogens with one attached hydrogen (secondary N) is 1. The lowest BCUT2D eigenvalue weighted by Crippen LogP contribution is -2.29. The van der Waals surface area contributed by atoms with Crippen molar-refractivity contribution in [3.8, 4) is 0 Å². The van der Waals surface area contributed by atoms with E-state index in [0.717, 1.165) is 17.7 Å². The van der Waals surface area contributed by atoms with Crippen LogP contribution in [0.2, 0.25) is 5.02 Å². The van der Waals surface area contributed by atoms with Crippen LogP contribution >= 0.6 is 11.6 Å². The van der Waals surface area contributed by atoms with E-state index in [0.29, 0.717) is 23.1 Å². The number of benzene rings is 1. The van der Waals surface area contributed by atoms with E-state index in [-0.39, 0.29) is 5.91 Å². The topological polar surface area (TPSA) is 71.0 Å². The zero-order valence-corrected chi connectivity index (χ0v) is 15.0. The van der Waals surface area contributed by atoms with Gasteiger partial charge in [-0.3, -0.25) is 9.78 Å². The number of carbonyl (C=O) groups is 1. The van der Waals surface area contributed by atoms with Crippen molar-refractivity contribution in [2.24, 2.45) is 0 Å². The van der Waals surface area contributed by atoms with Crippen LogP contribution in [0.25, 0.3) is 0 Å². The normalized spacial score (nSPS) is 10.4. The summed E-state index contributed by atoms with van der Waals surface area (Å²) in [4.78, 5) is 26.5. The zero-order chi connectivity index (χ0) is 18.4. The van der Waals surface area contributed by atoms with Gasteiger partial charge in [0, 0.05) is 26.0 Å². The molecule has 7 heteroatoms. The second-order valence-corrected chi connectivity index (χ2v) is 6.13. The highest BCUT2D eigenvalue weighted by molar-refractivity contribution is 6.33. The van der Waals surface area contributed by atoms with Crippen LogP contribution in [0, 0.1) is 0 Å². The lowest BCUT2D eigenvalue weighted by atomic mass is 10.2. The van der Waals surface area contributed by atoms with Gasteiger partial charge in [-0.25, -0.2) is 9.97 Å². The molecule has 0 unspecified atom stereocenters. The Kier molecular flexibility index (Phi) is 5.76. The van der Waals surface area contributed by atoms with Crippen molar-refractivity contribution in [3.63, 3.8) is 0 Å². The molecule has 2 aromatic heterocycles. The number of aromatic nitrogens is 3. The fraction of sp³-hybridized carbons (Fsp3) is 0.158.